The second-order valence-corrected chi connectivity index (χ2v) is 3.28. The first-order valence-electron chi connectivity index (χ1n) is 4.50. The van der Waals surface area contributed by atoms with E-state index in [4.69, 9.17) is 15.6 Å². The Morgan fingerprint density at radius 3 is 2.47 bits per heavy atom. The second kappa shape index (κ2) is 6.09. The van der Waals surface area contributed by atoms with Crippen molar-refractivity contribution in [1.29, 1.82) is 0 Å². The summed E-state index contributed by atoms with van der Waals surface area (Å²) in [6.45, 7) is -1.43. The van der Waals surface area contributed by atoms with Gasteiger partial charge in [0.15, 0.2) is 0 Å². The Morgan fingerprint density at radius 1 is 1.47 bits per heavy atom. The van der Waals surface area contributed by atoms with Gasteiger partial charge in [0.2, 0.25) is 0 Å². The Kier molecular flexibility index (Phi) is 5.74. The van der Waals surface area contributed by atoms with Crippen LogP contribution < -0.4 is 10.5 Å². The normalized spacial score (nSPS) is 12.8. The van der Waals surface area contributed by atoms with Crippen molar-refractivity contribution in [2.45, 2.75) is 12.0 Å². The van der Waals surface area contributed by atoms with E-state index in [9.17, 15) is 13.2 Å². The molecule has 0 aliphatic carbocycles. The molecule has 0 spiro atoms. The first-order valence-corrected chi connectivity index (χ1v) is 4.50. The lowest BCUT2D eigenvalue weighted by molar-refractivity contribution is -0.0718. The standard InChI is InChI=1S/C10H12F3NO2.ClH/c1-16-6-2-3-7(8(11)4-6)9(14)10(12,13)5-15;/h2-4,9,15H,5,14H2,1H3;1H/t9-;/m1./s1. The monoisotopic (exact) mass is 271 g/mol. The molecule has 0 heterocycles. The van der Waals surface area contributed by atoms with Crippen LogP contribution in [-0.2, 0) is 0 Å². The summed E-state index contributed by atoms with van der Waals surface area (Å²) in [4.78, 5) is 0. The number of methoxy groups -OCH3 is 1. The average molecular weight is 272 g/mol. The molecule has 1 atom stereocenters. The van der Waals surface area contributed by atoms with Crippen molar-refractivity contribution >= 4 is 12.4 Å². The van der Waals surface area contributed by atoms with E-state index in [1.54, 1.807) is 0 Å². The maximum Gasteiger partial charge on any atom is 0.289 e. The largest absolute Gasteiger partial charge is 0.497 e. The van der Waals surface area contributed by atoms with E-state index in [0.29, 0.717) is 0 Å². The van der Waals surface area contributed by atoms with Crippen molar-refractivity contribution in [2.75, 3.05) is 13.7 Å². The second-order valence-electron chi connectivity index (χ2n) is 3.28. The summed E-state index contributed by atoms with van der Waals surface area (Å²) in [7, 11) is 1.33. The predicted octanol–water partition coefficient (Wildman–Crippen LogP) is 1.88. The molecule has 0 fully saturated rings. The number of halogens is 4. The summed E-state index contributed by atoms with van der Waals surface area (Å²) in [6, 6.07) is 1.51. The Morgan fingerprint density at radius 2 is 2.06 bits per heavy atom. The Hall–Kier alpha value is -0.980. The fraction of sp³-hybridized carbons (Fsp3) is 0.400. The summed E-state index contributed by atoms with van der Waals surface area (Å²) in [5.41, 5.74) is 4.82. The van der Waals surface area contributed by atoms with Crippen molar-refractivity contribution in [3.63, 3.8) is 0 Å². The first kappa shape index (κ1) is 16.0. The maximum absolute atomic E-state index is 13.4. The van der Waals surface area contributed by atoms with Crippen LogP contribution in [0.3, 0.4) is 0 Å². The van der Waals surface area contributed by atoms with Crippen LogP contribution in [0, 0.1) is 5.82 Å². The molecule has 3 N–H and O–H groups in total. The number of alkyl halides is 2. The van der Waals surface area contributed by atoms with E-state index in [-0.39, 0.29) is 23.7 Å². The van der Waals surface area contributed by atoms with E-state index >= 15 is 0 Å². The quantitative estimate of drug-likeness (QED) is 0.879. The van der Waals surface area contributed by atoms with Gasteiger partial charge in [0.1, 0.15) is 18.2 Å². The van der Waals surface area contributed by atoms with Crippen LogP contribution in [0.1, 0.15) is 11.6 Å². The molecule has 0 bridgehead atoms. The molecule has 0 saturated heterocycles. The first-order chi connectivity index (χ1) is 7.42. The fourth-order valence-corrected chi connectivity index (χ4v) is 1.21. The van der Waals surface area contributed by atoms with Crippen LogP contribution in [0.5, 0.6) is 5.75 Å². The van der Waals surface area contributed by atoms with Crippen LogP contribution in [0.2, 0.25) is 0 Å². The highest BCUT2D eigenvalue weighted by Crippen LogP contribution is 2.31. The summed E-state index contributed by atoms with van der Waals surface area (Å²) in [6.07, 6.45) is 0. The number of aliphatic hydroxyl groups excluding tert-OH is 1. The number of nitrogens with two attached hydrogens (primary N) is 1. The van der Waals surface area contributed by atoms with Crippen LogP contribution >= 0.6 is 12.4 Å². The van der Waals surface area contributed by atoms with Gasteiger partial charge < -0.3 is 15.6 Å². The Bertz CT molecular complexity index is 377. The third kappa shape index (κ3) is 3.49. The minimum Gasteiger partial charge on any atom is -0.497 e. The highest BCUT2D eigenvalue weighted by Gasteiger charge is 2.38. The molecular formula is C10H13ClF3NO2. The summed E-state index contributed by atoms with van der Waals surface area (Å²) < 4.78 is 44.1. The number of hydrogen-bond acceptors (Lipinski definition) is 3. The Labute approximate surface area is 103 Å². The van der Waals surface area contributed by atoms with Gasteiger partial charge in [-0.2, -0.15) is 0 Å². The van der Waals surface area contributed by atoms with Crippen molar-refractivity contribution in [3.05, 3.63) is 29.6 Å². The lowest BCUT2D eigenvalue weighted by atomic mass is 10.0. The van der Waals surface area contributed by atoms with Crippen molar-refractivity contribution in [2.24, 2.45) is 5.73 Å². The van der Waals surface area contributed by atoms with Crippen LogP contribution in [0.15, 0.2) is 18.2 Å². The summed E-state index contributed by atoms with van der Waals surface area (Å²) in [5, 5.41) is 8.44. The topological polar surface area (TPSA) is 55.5 Å². The zero-order chi connectivity index (χ0) is 12.3. The fourth-order valence-electron chi connectivity index (χ4n) is 1.21. The highest BCUT2D eigenvalue weighted by atomic mass is 35.5. The molecule has 7 heteroatoms. The van der Waals surface area contributed by atoms with Gasteiger partial charge in [0.05, 0.1) is 13.2 Å². The zero-order valence-corrected chi connectivity index (χ0v) is 9.81. The van der Waals surface area contributed by atoms with Gasteiger partial charge in [0, 0.05) is 11.6 Å². The molecule has 17 heavy (non-hydrogen) atoms. The van der Waals surface area contributed by atoms with Gasteiger partial charge in [-0.25, -0.2) is 13.2 Å². The Balaban J connectivity index is 0.00000256. The smallest absolute Gasteiger partial charge is 0.289 e. The molecule has 1 rings (SSSR count). The molecule has 0 radical (unpaired) electrons. The van der Waals surface area contributed by atoms with E-state index < -0.39 is 24.4 Å². The van der Waals surface area contributed by atoms with Crippen LogP contribution in [0.25, 0.3) is 0 Å². The van der Waals surface area contributed by atoms with Crippen LogP contribution in [0.4, 0.5) is 13.2 Å². The van der Waals surface area contributed by atoms with E-state index in [0.717, 1.165) is 12.1 Å². The molecule has 1 aromatic carbocycles. The molecular weight excluding hydrogens is 259 g/mol. The zero-order valence-electron chi connectivity index (χ0n) is 8.99. The molecule has 0 aliphatic heterocycles. The van der Waals surface area contributed by atoms with Gasteiger partial charge in [-0.3, -0.25) is 0 Å². The maximum atomic E-state index is 13.4. The number of benzene rings is 1. The van der Waals surface area contributed by atoms with Gasteiger partial charge in [-0.1, -0.05) is 6.07 Å². The summed E-state index contributed by atoms with van der Waals surface area (Å²) >= 11 is 0. The summed E-state index contributed by atoms with van der Waals surface area (Å²) in [5.74, 6) is -4.24. The van der Waals surface area contributed by atoms with Crippen molar-refractivity contribution in [3.8, 4) is 5.75 Å². The lowest BCUT2D eigenvalue weighted by Gasteiger charge is -2.22. The number of aliphatic hydroxyl groups is 1. The molecule has 0 aliphatic rings. The molecule has 0 amide bonds. The molecule has 0 aromatic heterocycles. The van der Waals surface area contributed by atoms with Gasteiger partial charge in [-0.05, 0) is 6.07 Å². The predicted molar refractivity (Wildman–Crippen MR) is 59.2 cm³/mol. The highest BCUT2D eigenvalue weighted by molar-refractivity contribution is 5.85. The third-order valence-corrected chi connectivity index (χ3v) is 2.21. The number of rotatable bonds is 4. The molecule has 0 unspecified atom stereocenters. The van der Waals surface area contributed by atoms with Gasteiger partial charge >= 0.3 is 0 Å². The number of hydrogen-bond donors (Lipinski definition) is 2. The average Bonchev–Trinajstić information content (AvgIpc) is 2.28. The minimum absolute atomic E-state index is 0. The van der Waals surface area contributed by atoms with Crippen molar-refractivity contribution < 1.29 is 23.0 Å². The third-order valence-electron chi connectivity index (χ3n) is 2.21. The van der Waals surface area contributed by atoms with Gasteiger partial charge in [0.25, 0.3) is 5.92 Å². The van der Waals surface area contributed by atoms with E-state index in [1.807, 2.05) is 0 Å². The van der Waals surface area contributed by atoms with Crippen LogP contribution in [-0.4, -0.2) is 24.7 Å². The van der Waals surface area contributed by atoms with Gasteiger partial charge in [-0.15, -0.1) is 12.4 Å². The molecule has 98 valence electrons. The van der Waals surface area contributed by atoms with E-state index in [1.165, 1.54) is 13.2 Å². The molecule has 3 nitrogen and oxygen atoms in total. The minimum atomic E-state index is -3.56. The molecule has 1 aromatic rings. The lowest BCUT2D eigenvalue weighted by Crippen LogP contribution is -2.36. The number of ether oxygens (including phenoxy) is 1. The van der Waals surface area contributed by atoms with Crippen molar-refractivity contribution in [1.82, 2.24) is 0 Å². The van der Waals surface area contributed by atoms with E-state index in [2.05, 4.69) is 0 Å². The SMILES string of the molecule is COc1ccc([C@@H](N)C(F)(F)CO)c(F)c1.Cl. The molecule has 0 saturated carbocycles.